The highest BCUT2D eigenvalue weighted by Gasteiger charge is 2.04. The van der Waals surface area contributed by atoms with E-state index in [9.17, 15) is 0 Å². The van der Waals surface area contributed by atoms with E-state index < -0.39 is 0 Å². The van der Waals surface area contributed by atoms with E-state index in [-0.39, 0.29) is 0 Å². The normalized spacial score (nSPS) is 17.7. The molecule has 5 heteroatoms. The van der Waals surface area contributed by atoms with Crippen molar-refractivity contribution >= 4 is 17.3 Å². The van der Waals surface area contributed by atoms with Gasteiger partial charge in [0, 0.05) is 19.6 Å². The second-order valence-corrected chi connectivity index (χ2v) is 3.22. The van der Waals surface area contributed by atoms with Gasteiger partial charge in [-0.25, -0.2) is 0 Å². The van der Waals surface area contributed by atoms with Crippen molar-refractivity contribution in [2.24, 2.45) is 5.73 Å². The lowest BCUT2D eigenvalue weighted by molar-refractivity contribution is 0.0593. The summed E-state index contributed by atoms with van der Waals surface area (Å²) < 4.78 is 5.21. The molecule has 1 fully saturated rings. The molecule has 0 amide bonds. The van der Waals surface area contributed by atoms with Crippen molar-refractivity contribution in [2.45, 2.75) is 0 Å². The average molecular weight is 201 g/mol. The van der Waals surface area contributed by atoms with Crippen molar-refractivity contribution in [3.8, 4) is 0 Å². The lowest BCUT2D eigenvalue weighted by atomic mass is 10.4. The van der Waals surface area contributed by atoms with Crippen LogP contribution in [0.5, 0.6) is 0 Å². The molecular formula is C8H15N3OS. The fraction of sp³-hybridized carbons (Fsp3) is 0.625. The SMILES string of the molecule is NC(=S)NCC=CN1CCOCC1. The highest BCUT2D eigenvalue weighted by Crippen LogP contribution is 1.96. The molecule has 1 heterocycles. The highest BCUT2D eigenvalue weighted by atomic mass is 32.1. The first kappa shape index (κ1) is 10.3. The van der Waals surface area contributed by atoms with Gasteiger partial charge < -0.3 is 20.7 Å². The Balaban J connectivity index is 2.11. The maximum atomic E-state index is 5.26. The summed E-state index contributed by atoms with van der Waals surface area (Å²) >= 11 is 4.66. The molecule has 0 atom stereocenters. The summed E-state index contributed by atoms with van der Waals surface area (Å²) in [5, 5.41) is 3.19. The van der Waals surface area contributed by atoms with Crippen molar-refractivity contribution in [1.82, 2.24) is 10.2 Å². The second kappa shape index (κ2) is 5.77. The van der Waals surface area contributed by atoms with Crippen molar-refractivity contribution < 1.29 is 4.74 Å². The lowest BCUT2D eigenvalue weighted by Crippen LogP contribution is -2.33. The highest BCUT2D eigenvalue weighted by molar-refractivity contribution is 7.80. The number of ether oxygens (including phenoxy) is 1. The van der Waals surface area contributed by atoms with Gasteiger partial charge in [0.2, 0.25) is 0 Å². The van der Waals surface area contributed by atoms with Crippen LogP contribution in [-0.4, -0.2) is 42.9 Å². The zero-order valence-electron chi connectivity index (χ0n) is 7.53. The standard InChI is InChI=1S/C8H15N3OS/c9-8(13)10-2-1-3-11-4-6-12-7-5-11/h1,3H,2,4-7H2,(H3,9,10,13). The summed E-state index contributed by atoms with van der Waals surface area (Å²) in [6.45, 7) is 4.24. The third-order valence-corrected chi connectivity index (χ3v) is 1.90. The van der Waals surface area contributed by atoms with Gasteiger partial charge in [-0.2, -0.15) is 0 Å². The fourth-order valence-corrected chi connectivity index (χ4v) is 1.17. The zero-order chi connectivity index (χ0) is 9.52. The third kappa shape index (κ3) is 4.69. The van der Waals surface area contributed by atoms with E-state index in [4.69, 9.17) is 10.5 Å². The van der Waals surface area contributed by atoms with E-state index in [0.717, 1.165) is 26.3 Å². The molecule has 13 heavy (non-hydrogen) atoms. The van der Waals surface area contributed by atoms with Crippen LogP contribution in [0.2, 0.25) is 0 Å². The molecule has 0 aromatic rings. The van der Waals surface area contributed by atoms with E-state index in [1.807, 2.05) is 12.3 Å². The van der Waals surface area contributed by atoms with Crippen molar-refractivity contribution in [2.75, 3.05) is 32.8 Å². The number of rotatable bonds is 3. The molecule has 0 saturated carbocycles. The third-order valence-electron chi connectivity index (χ3n) is 1.76. The first-order valence-corrected chi connectivity index (χ1v) is 4.71. The molecule has 0 aromatic carbocycles. The van der Waals surface area contributed by atoms with Crippen LogP contribution < -0.4 is 11.1 Å². The average Bonchev–Trinajstić information content (AvgIpc) is 2.14. The minimum atomic E-state index is 0.339. The molecule has 0 bridgehead atoms. The molecular weight excluding hydrogens is 186 g/mol. The van der Waals surface area contributed by atoms with Crippen molar-refractivity contribution in [3.63, 3.8) is 0 Å². The van der Waals surface area contributed by atoms with Gasteiger partial charge in [0.15, 0.2) is 5.11 Å². The van der Waals surface area contributed by atoms with Gasteiger partial charge in [-0.05, 0) is 24.5 Å². The minimum Gasteiger partial charge on any atom is -0.378 e. The summed E-state index contributed by atoms with van der Waals surface area (Å²) in [4.78, 5) is 2.21. The molecule has 0 spiro atoms. The van der Waals surface area contributed by atoms with Crippen LogP contribution in [0.15, 0.2) is 12.3 Å². The molecule has 1 aliphatic rings. The Bertz CT molecular complexity index is 190. The number of nitrogens with one attached hydrogen (secondary N) is 1. The monoisotopic (exact) mass is 201 g/mol. The van der Waals surface area contributed by atoms with Crippen LogP contribution in [0, 0.1) is 0 Å². The van der Waals surface area contributed by atoms with E-state index >= 15 is 0 Å². The number of nitrogens with two attached hydrogens (primary N) is 1. The van der Waals surface area contributed by atoms with Gasteiger partial charge in [-0.3, -0.25) is 0 Å². The van der Waals surface area contributed by atoms with Crippen molar-refractivity contribution in [1.29, 1.82) is 0 Å². The molecule has 1 saturated heterocycles. The van der Waals surface area contributed by atoms with Gasteiger partial charge >= 0.3 is 0 Å². The van der Waals surface area contributed by atoms with Crippen LogP contribution in [0.3, 0.4) is 0 Å². The molecule has 0 radical (unpaired) electrons. The maximum Gasteiger partial charge on any atom is 0.163 e. The molecule has 0 unspecified atom stereocenters. The Labute approximate surface area is 83.7 Å². The Morgan fingerprint density at radius 3 is 2.85 bits per heavy atom. The molecule has 1 rings (SSSR count). The molecule has 0 aliphatic carbocycles. The van der Waals surface area contributed by atoms with Crippen LogP contribution in [0.1, 0.15) is 0 Å². The Hall–Kier alpha value is -0.810. The van der Waals surface area contributed by atoms with E-state index in [1.165, 1.54) is 0 Å². The predicted octanol–water partition coefficient (Wildman–Crippen LogP) is -0.334. The number of hydrogen-bond acceptors (Lipinski definition) is 3. The quantitative estimate of drug-likeness (QED) is 0.612. The van der Waals surface area contributed by atoms with Crippen LogP contribution >= 0.6 is 12.2 Å². The maximum absolute atomic E-state index is 5.26. The summed E-state index contributed by atoms with van der Waals surface area (Å²) in [5.74, 6) is 0. The number of nitrogens with zero attached hydrogens (tertiary/aromatic N) is 1. The summed E-state index contributed by atoms with van der Waals surface area (Å²) in [7, 11) is 0. The minimum absolute atomic E-state index is 0.339. The van der Waals surface area contributed by atoms with E-state index in [0.29, 0.717) is 11.7 Å². The van der Waals surface area contributed by atoms with Gasteiger partial charge in [-0.15, -0.1) is 0 Å². The number of thiocarbonyl (C=S) groups is 1. The Morgan fingerprint density at radius 2 is 2.23 bits per heavy atom. The fourth-order valence-electron chi connectivity index (χ4n) is 1.09. The lowest BCUT2D eigenvalue weighted by Gasteiger charge is -2.24. The summed E-state index contributed by atoms with van der Waals surface area (Å²) in [6.07, 6.45) is 4.05. The van der Waals surface area contributed by atoms with Crippen LogP contribution in [-0.2, 0) is 4.74 Å². The van der Waals surface area contributed by atoms with Gasteiger partial charge in [0.05, 0.1) is 13.2 Å². The smallest absolute Gasteiger partial charge is 0.163 e. The molecule has 3 N–H and O–H groups in total. The zero-order valence-corrected chi connectivity index (χ0v) is 8.35. The van der Waals surface area contributed by atoms with Crippen LogP contribution in [0.25, 0.3) is 0 Å². The molecule has 4 nitrogen and oxygen atoms in total. The largest absolute Gasteiger partial charge is 0.378 e. The Kier molecular flexibility index (Phi) is 4.56. The molecule has 1 aliphatic heterocycles. The summed E-state index contributed by atoms with van der Waals surface area (Å²) in [5.41, 5.74) is 5.26. The molecule has 0 aromatic heterocycles. The topological polar surface area (TPSA) is 50.5 Å². The number of hydrogen-bond donors (Lipinski definition) is 2. The second-order valence-electron chi connectivity index (χ2n) is 2.78. The van der Waals surface area contributed by atoms with Gasteiger partial charge in [-0.1, -0.05) is 0 Å². The van der Waals surface area contributed by atoms with Gasteiger partial charge in [0.1, 0.15) is 0 Å². The van der Waals surface area contributed by atoms with Crippen molar-refractivity contribution in [3.05, 3.63) is 12.3 Å². The Morgan fingerprint density at radius 1 is 1.54 bits per heavy atom. The predicted molar refractivity (Wildman–Crippen MR) is 56.3 cm³/mol. The first-order chi connectivity index (χ1) is 6.29. The van der Waals surface area contributed by atoms with Crippen LogP contribution in [0.4, 0.5) is 0 Å². The molecule has 74 valence electrons. The first-order valence-electron chi connectivity index (χ1n) is 4.31. The summed E-state index contributed by atoms with van der Waals surface area (Å²) in [6, 6.07) is 0. The van der Waals surface area contributed by atoms with E-state index in [1.54, 1.807) is 0 Å². The number of morpholine rings is 1. The van der Waals surface area contributed by atoms with E-state index in [2.05, 4.69) is 22.4 Å². The van der Waals surface area contributed by atoms with Gasteiger partial charge in [0.25, 0.3) is 0 Å².